The van der Waals surface area contributed by atoms with Gasteiger partial charge in [0.05, 0.1) is 5.56 Å². The van der Waals surface area contributed by atoms with Crippen LogP contribution < -0.4 is 5.32 Å². The summed E-state index contributed by atoms with van der Waals surface area (Å²) in [5.74, 6) is 0.475. The van der Waals surface area contributed by atoms with Crippen molar-refractivity contribution < 1.29 is 13.2 Å². The molecule has 0 aliphatic rings. The molecule has 0 spiro atoms. The average Bonchev–Trinajstić information content (AvgIpc) is 2.37. The first kappa shape index (κ1) is 16.0. The standard InChI is InChI=1S/C15H22F3N/c1-3-9-19-11-12(4-2)10-13-5-7-14(8-6-13)15(16,17)18/h5-8,12,19H,3-4,9-11H2,1-2H3. The van der Waals surface area contributed by atoms with Crippen molar-refractivity contribution >= 4 is 0 Å². The molecule has 1 rings (SSSR count). The molecular weight excluding hydrogens is 251 g/mol. The van der Waals surface area contributed by atoms with Crippen LogP contribution in [-0.4, -0.2) is 13.1 Å². The van der Waals surface area contributed by atoms with Gasteiger partial charge in [0.2, 0.25) is 0 Å². The van der Waals surface area contributed by atoms with Gasteiger partial charge in [0.1, 0.15) is 0 Å². The van der Waals surface area contributed by atoms with Crippen LogP contribution in [0.15, 0.2) is 24.3 Å². The normalized spacial score (nSPS) is 13.5. The van der Waals surface area contributed by atoms with Gasteiger partial charge in [-0.15, -0.1) is 0 Å². The van der Waals surface area contributed by atoms with Crippen molar-refractivity contribution in [3.8, 4) is 0 Å². The Bertz CT molecular complexity index is 357. The van der Waals surface area contributed by atoms with Crippen molar-refractivity contribution in [2.45, 2.75) is 39.3 Å². The summed E-state index contributed by atoms with van der Waals surface area (Å²) in [6, 6.07) is 5.51. The Morgan fingerprint density at radius 3 is 2.21 bits per heavy atom. The van der Waals surface area contributed by atoms with E-state index in [0.29, 0.717) is 5.92 Å². The number of nitrogens with one attached hydrogen (secondary N) is 1. The molecule has 4 heteroatoms. The highest BCUT2D eigenvalue weighted by atomic mass is 19.4. The zero-order valence-electron chi connectivity index (χ0n) is 11.6. The summed E-state index contributed by atoms with van der Waals surface area (Å²) in [6.45, 7) is 6.14. The first-order valence-electron chi connectivity index (χ1n) is 6.84. The number of hydrogen-bond acceptors (Lipinski definition) is 1. The monoisotopic (exact) mass is 273 g/mol. The van der Waals surface area contributed by atoms with Gasteiger partial charge >= 0.3 is 6.18 Å². The molecule has 1 aromatic rings. The third kappa shape index (κ3) is 5.64. The Labute approximate surface area is 113 Å². The molecule has 0 saturated carbocycles. The van der Waals surface area contributed by atoms with Gasteiger partial charge in [-0.05, 0) is 49.5 Å². The molecule has 0 radical (unpaired) electrons. The van der Waals surface area contributed by atoms with Crippen LogP contribution in [0.25, 0.3) is 0 Å². The minimum atomic E-state index is -4.24. The average molecular weight is 273 g/mol. The Kier molecular flexibility index (Phi) is 6.35. The molecule has 0 aliphatic heterocycles. The Morgan fingerprint density at radius 2 is 1.74 bits per heavy atom. The van der Waals surface area contributed by atoms with E-state index < -0.39 is 11.7 Å². The summed E-state index contributed by atoms with van der Waals surface area (Å²) in [4.78, 5) is 0. The summed E-state index contributed by atoms with van der Waals surface area (Å²) >= 11 is 0. The molecule has 0 heterocycles. The summed E-state index contributed by atoms with van der Waals surface area (Å²) in [7, 11) is 0. The van der Waals surface area contributed by atoms with Gasteiger partial charge in [-0.25, -0.2) is 0 Å². The summed E-state index contributed by atoms with van der Waals surface area (Å²) in [6.07, 6.45) is -1.30. The highest BCUT2D eigenvalue weighted by Crippen LogP contribution is 2.29. The minimum Gasteiger partial charge on any atom is -0.316 e. The lowest BCUT2D eigenvalue weighted by Crippen LogP contribution is -2.24. The van der Waals surface area contributed by atoms with Gasteiger partial charge in [-0.2, -0.15) is 13.2 Å². The van der Waals surface area contributed by atoms with E-state index in [1.54, 1.807) is 12.1 Å². The fourth-order valence-corrected chi connectivity index (χ4v) is 2.01. The van der Waals surface area contributed by atoms with E-state index >= 15 is 0 Å². The summed E-state index contributed by atoms with van der Waals surface area (Å²) in [5.41, 5.74) is 0.395. The SMILES string of the molecule is CCCNCC(CC)Cc1ccc(C(F)(F)F)cc1. The largest absolute Gasteiger partial charge is 0.416 e. The van der Waals surface area contributed by atoms with Gasteiger partial charge in [-0.3, -0.25) is 0 Å². The van der Waals surface area contributed by atoms with E-state index in [1.807, 2.05) is 0 Å². The van der Waals surface area contributed by atoms with Crippen molar-refractivity contribution in [2.24, 2.45) is 5.92 Å². The van der Waals surface area contributed by atoms with Gasteiger partial charge in [-0.1, -0.05) is 32.4 Å². The molecule has 0 bridgehead atoms. The second-order valence-corrected chi connectivity index (χ2v) is 4.88. The highest BCUT2D eigenvalue weighted by Gasteiger charge is 2.29. The molecule has 0 aromatic heterocycles. The first-order chi connectivity index (χ1) is 8.97. The Hall–Kier alpha value is -1.03. The minimum absolute atomic E-state index is 0.475. The molecule has 0 amide bonds. The predicted octanol–water partition coefficient (Wildman–Crippen LogP) is 4.27. The predicted molar refractivity (Wildman–Crippen MR) is 72.1 cm³/mol. The molecule has 1 unspecified atom stereocenters. The second-order valence-electron chi connectivity index (χ2n) is 4.88. The highest BCUT2D eigenvalue weighted by molar-refractivity contribution is 5.24. The molecule has 0 fully saturated rings. The van der Waals surface area contributed by atoms with E-state index in [9.17, 15) is 13.2 Å². The van der Waals surface area contributed by atoms with E-state index in [0.717, 1.165) is 37.9 Å². The number of rotatable bonds is 7. The maximum Gasteiger partial charge on any atom is 0.416 e. The second kappa shape index (κ2) is 7.53. The number of alkyl halides is 3. The molecule has 108 valence electrons. The molecule has 0 saturated heterocycles. The maximum atomic E-state index is 12.4. The van der Waals surface area contributed by atoms with E-state index in [4.69, 9.17) is 0 Å². The van der Waals surface area contributed by atoms with Crippen LogP contribution in [0, 0.1) is 5.92 Å². The van der Waals surface area contributed by atoms with Crippen LogP contribution >= 0.6 is 0 Å². The van der Waals surface area contributed by atoms with Gasteiger partial charge in [0.25, 0.3) is 0 Å². The van der Waals surface area contributed by atoms with Crippen LogP contribution in [0.2, 0.25) is 0 Å². The molecular formula is C15H22F3N. The van der Waals surface area contributed by atoms with Gasteiger partial charge in [0, 0.05) is 0 Å². The fourth-order valence-electron chi connectivity index (χ4n) is 2.01. The lowest BCUT2D eigenvalue weighted by Gasteiger charge is -2.16. The van der Waals surface area contributed by atoms with Crippen LogP contribution in [0.1, 0.15) is 37.8 Å². The Morgan fingerprint density at radius 1 is 1.11 bits per heavy atom. The lowest BCUT2D eigenvalue weighted by atomic mass is 9.96. The quantitative estimate of drug-likeness (QED) is 0.731. The topological polar surface area (TPSA) is 12.0 Å². The van der Waals surface area contributed by atoms with Crippen LogP contribution in [0.3, 0.4) is 0 Å². The van der Waals surface area contributed by atoms with Crippen molar-refractivity contribution in [1.29, 1.82) is 0 Å². The lowest BCUT2D eigenvalue weighted by molar-refractivity contribution is -0.137. The Balaban J connectivity index is 2.55. The van der Waals surface area contributed by atoms with E-state index in [-0.39, 0.29) is 0 Å². The molecule has 1 nitrogen and oxygen atoms in total. The third-order valence-corrected chi connectivity index (χ3v) is 3.24. The van der Waals surface area contributed by atoms with Crippen molar-refractivity contribution in [2.75, 3.05) is 13.1 Å². The van der Waals surface area contributed by atoms with Crippen LogP contribution in [0.4, 0.5) is 13.2 Å². The fraction of sp³-hybridized carbons (Fsp3) is 0.600. The molecule has 0 aliphatic carbocycles. The third-order valence-electron chi connectivity index (χ3n) is 3.24. The van der Waals surface area contributed by atoms with Crippen molar-refractivity contribution in [3.05, 3.63) is 35.4 Å². The number of benzene rings is 1. The first-order valence-corrected chi connectivity index (χ1v) is 6.84. The maximum absolute atomic E-state index is 12.4. The van der Waals surface area contributed by atoms with Crippen molar-refractivity contribution in [3.63, 3.8) is 0 Å². The van der Waals surface area contributed by atoms with Crippen LogP contribution in [0.5, 0.6) is 0 Å². The zero-order chi connectivity index (χ0) is 14.3. The molecule has 1 aromatic carbocycles. The van der Waals surface area contributed by atoms with Gasteiger partial charge < -0.3 is 5.32 Å². The van der Waals surface area contributed by atoms with E-state index in [2.05, 4.69) is 19.2 Å². The molecule has 1 atom stereocenters. The molecule has 19 heavy (non-hydrogen) atoms. The smallest absolute Gasteiger partial charge is 0.316 e. The van der Waals surface area contributed by atoms with Crippen LogP contribution in [-0.2, 0) is 12.6 Å². The van der Waals surface area contributed by atoms with Crippen molar-refractivity contribution in [1.82, 2.24) is 5.32 Å². The number of halogens is 3. The number of hydrogen-bond donors (Lipinski definition) is 1. The van der Waals surface area contributed by atoms with Gasteiger partial charge in [0.15, 0.2) is 0 Å². The molecule has 1 N–H and O–H groups in total. The summed E-state index contributed by atoms with van der Waals surface area (Å²) < 4.78 is 37.3. The summed E-state index contributed by atoms with van der Waals surface area (Å²) in [5, 5.41) is 3.36. The zero-order valence-corrected chi connectivity index (χ0v) is 11.6. The van der Waals surface area contributed by atoms with E-state index in [1.165, 1.54) is 12.1 Å².